The fourth-order valence-electron chi connectivity index (χ4n) is 4.36. The molecular formula is C20H27F3N2O. The Balaban J connectivity index is 1.72. The molecule has 2 aliphatic rings. The Morgan fingerprint density at radius 3 is 2.69 bits per heavy atom. The molecule has 0 saturated carbocycles. The lowest BCUT2D eigenvalue weighted by molar-refractivity contribution is -0.142. The predicted octanol–water partition coefficient (Wildman–Crippen LogP) is 4.17. The third-order valence-electron chi connectivity index (χ3n) is 5.46. The fraction of sp³-hybridized carbons (Fsp3) is 0.650. The molecule has 26 heavy (non-hydrogen) atoms. The smallest absolute Gasteiger partial charge is 0.335 e. The van der Waals surface area contributed by atoms with Crippen molar-refractivity contribution in [3.8, 4) is 0 Å². The quantitative estimate of drug-likeness (QED) is 0.796. The number of benzene rings is 1. The van der Waals surface area contributed by atoms with Gasteiger partial charge in [-0.1, -0.05) is 26.0 Å². The average molecular weight is 368 g/mol. The van der Waals surface area contributed by atoms with Gasteiger partial charge in [-0.15, -0.1) is 0 Å². The van der Waals surface area contributed by atoms with E-state index in [0.29, 0.717) is 23.8 Å². The molecule has 3 nitrogen and oxygen atoms in total. The van der Waals surface area contributed by atoms with Crippen molar-refractivity contribution in [3.05, 3.63) is 35.4 Å². The lowest BCUT2D eigenvalue weighted by Crippen LogP contribution is -2.55. The molecule has 6 heteroatoms. The van der Waals surface area contributed by atoms with E-state index in [4.69, 9.17) is 0 Å². The van der Waals surface area contributed by atoms with Crippen molar-refractivity contribution >= 4 is 5.91 Å². The Morgan fingerprint density at radius 2 is 2.00 bits per heavy atom. The second-order valence-corrected chi connectivity index (χ2v) is 8.03. The number of piperidine rings is 2. The Kier molecular flexibility index (Phi) is 5.61. The van der Waals surface area contributed by atoms with Crippen molar-refractivity contribution in [1.82, 2.24) is 9.80 Å². The largest absolute Gasteiger partial charge is 0.416 e. The number of fused-ring (bicyclic) bond motifs is 1. The van der Waals surface area contributed by atoms with Crippen LogP contribution in [0, 0.1) is 11.8 Å². The van der Waals surface area contributed by atoms with Gasteiger partial charge in [-0.3, -0.25) is 4.79 Å². The number of rotatable bonds is 4. The van der Waals surface area contributed by atoms with Crippen LogP contribution < -0.4 is 0 Å². The van der Waals surface area contributed by atoms with Crippen LogP contribution in [-0.4, -0.2) is 41.4 Å². The van der Waals surface area contributed by atoms with E-state index in [1.165, 1.54) is 12.1 Å². The first kappa shape index (κ1) is 19.2. The van der Waals surface area contributed by atoms with Gasteiger partial charge in [0.1, 0.15) is 0 Å². The number of amides is 1. The highest BCUT2D eigenvalue weighted by Gasteiger charge is 2.39. The third-order valence-corrected chi connectivity index (χ3v) is 5.46. The molecule has 0 aliphatic carbocycles. The molecule has 144 valence electrons. The van der Waals surface area contributed by atoms with Gasteiger partial charge in [-0.05, 0) is 42.4 Å². The van der Waals surface area contributed by atoms with Crippen LogP contribution in [0.4, 0.5) is 13.2 Å². The van der Waals surface area contributed by atoms with Gasteiger partial charge in [0.15, 0.2) is 0 Å². The predicted molar refractivity (Wildman–Crippen MR) is 94.4 cm³/mol. The second kappa shape index (κ2) is 7.59. The summed E-state index contributed by atoms with van der Waals surface area (Å²) in [7, 11) is 0. The zero-order chi connectivity index (χ0) is 18.9. The molecule has 3 rings (SSSR count). The molecule has 2 saturated heterocycles. The molecule has 2 fully saturated rings. The SMILES string of the molecule is CC(C)CN1CC[C@H]2[C@H](CCC(=O)N2Cc2cccc(C(F)(F)F)c2)C1. The van der Waals surface area contributed by atoms with Gasteiger partial charge < -0.3 is 9.80 Å². The molecule has 0 spiro atoms. The van der Waals surface area contributed by atoms with Gasteiger partial charge in [0.25, 0.3) is 0 Å². The van der Waals surface area contributed by atoms with Crippen LogP contribution in [0.25, 0.3) is 0 Å². The van der Waals surface area contributed by atoms with Crippen LogP contribution in [0.3, 0.4) is 0 Å². The van der Waals surface area contributed by atoms with E-state index in [1.54, 1.807) is 6.07 Å². The van der Waals surface area contributed by atoms with Crippen molar-refractivity contribution in [2.45, 2.75) is 51.9 Å². The molecule has 1 amide bonds. The van der Waals surface area contributed by atoms with Crippen LogP contribution in [0.5, 0.6) is 0 Å². The summed E-state index contributed by atoms with van der Waals surface area (Å²) in [5.74, 6) is 1.10. The van der Waals surface area contributed by atoms with Crippen molar-refractivity contribution in [2.24, 2.45) is 11.8 Å². The summed E-state index contributed by atoms with van der Waals surface area (Å²) in [6.45, 7) is 7.67. The minimum atomic E-state index is -4.35. The van der Waals surface area contributed by atoms with E-state index in [0.717, 1.165) is 38.5 Å². The van der Waals surface area contributed by atoms with Gasteiger partial charge in [0.2, 0.25) is 5.91 Å². The first-order chi connectivity index (χ1) is 12.2. The maximum Gasteiger partial charge on any atom is 0.416 e. The maximum absolute atomic E-state index is 13.0. The summed E-state index contributed by atoms with van der Waals surface area (Å²) in [4.78, 5) is 16.8. The molecule has 0 unspecified atom stereocenters. The number of carbonyl (C=O) groups is 1. The molecule has 0 radical (unpaired) electrons. The Hall–Kier alpha value is -1.56. The lowest BCUT2D eigenvalue weighted by atomic mass is 9.83. The van der Waals surface area contributed by atoms with Crippen LogP contribution in [-0.2, 0) is 17.5 Å². The summed E-state index contributed by atoms with van der Waals surface area (Å²) in [5, 5.41) is 0. The lowest BCUT2D eigenvalue weighted by Gasteiger charge is -2.47. The number of hydrogen-bond acceptors (Lipinski definition) is 2. The topological polar surface area (TPSA) is 23.6 Å². The fourth-order valence-corrected chi connectivity index (χ4v) is 4.36. The highest BCUT2D eigenvalue weighted by atomic mass is 19.4. The first-order valence-corrected chi connectivity index (χ1v) is 9.42. The molecule has 0 bridgehead atoms. The first-order valence-electron chi connectivity index (χ1n) is 9.42. The van der Waals surface area contributed by atoms with Crippen molar-refractivity contribution in [3.63, 3.8) is 0 Å². The molecule has 1 aromatic carbocycles. The molecule has 0 N–H and O–H groups in total. The Morgan fingerprint density at radius 1 is 1.23 bits per heavy atom. The summed E-state index contributed by atoms with van der Waals surface area (Å²) in [5.41, 5.74) is -0.0961. The number of carbonyl (C=O) groups excluding carboxylic acids is 1. The number of nitrogens with zero attached hydrogens (tertiary/aromatic N) is 2. The zero-order valence-corrected chi connectivity index (χ0v) is 15.4. The molecule has 2 atom stereocenters. The van der Waals surface area contributed by atoms with Gasteiger partial charge >= 0.3 is 6.18 Å². The van der Waals surface area contributed by atoms with Gasteiger partial charge in [0.05, 0.1) is 5.56 Å². The molecular weight excluding hydrogens is 341 g/mol. The van der Waals surface area contributed by atoms with Crippen LogP contribution >= 0.6 is 0 Å². The minimum absolute atomic E-state index is 0.0703. The zero-order valence-electron chi connectivity index (χ0n) is 15.4. The molecule has 2 aliphatic heterocycles. The van der Waals surface area contributed by atoms with Crippen molar-refractivity contribution < 1.29 is 18.0 Å². The highest BCUT2D eigenvalue weighted by molar-refractivity contribution is 5.77. The van der Waals surface area contributed by atoms with E-state index >= 15 is 0 Å². The van der Waals surface area contributed by atoms with E-state index in [2.05, 4.69) is 18.7 Å². The van der Waals surface area contributed by atoms with Crippen LogP contribution in [0.2, 0.25) is 0 Å². The monoisotopic (exact) mass is 368 g/mol. The van der Waals surface area contributed by atoms with Crippen LogP contribution in [0.15, 0.2) is 24.3 Å². The normalized spacial score (nSPS) is 24.8. The number of likely N-dealkylation sites (tertiary alicyclic amines) is 2. The van der Waals surface area contributed by atoms with Crippen molar-refractivity contribution in [2.75, 3.05) is 19.6 Å². The minimum Gasteiger partial charge on any atom is -0.335 e. The van der Waals surface area contributed by atoms with Gasteiger partial charge in [-0.25, -0.2) is 0 Å². The van der Waals surface area contributed by atoms with Crippen LogP contribution in [0.1, 0.15) is 44.2 Å². The molecule has 0 aromatic heterocycles. The van der Waals surface area contributed by atoms with E-state index in [-0.39, 0.29) is 18.5 Å². The van der Waals surface area contributed by atoms with Gasteiger partial charge in [0, 0.05) is 38.6 Å². The Bertz CT molecular complexity index is 644. The standard InChI is InChI=1S/C20H27F3N2O/c1-14(2)11-24-9-8-18-16(13-24)6-7-19(26)25(18)12-15-4-3-5-17(10-15)20(21,22)23/h3-5,10,14,16,18H,6-9,11-13H2,1-2H3/t16-,18+/m1/s1. The average Bonchev–Trinajstić information content (AvgIpc) is 2.56. The summed E-state index contributed by atoms with van der Waals surface area (Å²) in [6, 6.07) is 5.50. The Labute approximate surface area is 153 Å². The third kappa shape index (κ3) is 4.40. The second-order valence-electron chi connectivity index (χ2n) is 8.03. The number of halogens is 3. The van der Waals surface area contributed by atoms with Gasteiger partial charge in [-0.2, -0.15) is 13.2 Å². The number of alkyl halides is 3. The van der Waals surface area contributed by atoms with Crippen molar-refractivity contribution in [1.29, 1.82) is 0 Å². The van der Waals surface area contributed by atoms with E-state index in [9.17, 15) is 18.0 Å². The maximum atomic E-state index is 13.0. The number of hydrogen-bond donors (Lipinski definition) is 0. The van der Waals surface area contributed by atoms with E-state index < -0.39 is 11.7 Å². The summed E-state index contributed by atoms with van der Waals surface area (Å²) in [6.07, 6.45) is -2.07. The molecule has 1 aromatic rings. The molecule has 2 heterocycles. The highest BCUT2D eigenvalue weighted by Crippen LogP contribution is 2.34. The summed E-state index contributed by atoms with van der Waals surface area (Å²) >= 11 is 0. The van der Waals surface area contributed by atoms with E-state index in [1.807, 2.05) is 4.90 Å². The summed E-state index contributed by atoms with van der Waals surface area (Å²) < 4.78 is 38.9.